The summed E-state index contributed by atoms with van der Waals surface area (Å²) in [5.74, 6) is 0. The quantitative estimate of drug-likeness (QED) is 0.877. The second-order valence-corrected chi connectivity index (χ2v) is 4.77. The van der Waals surface area contributed by atoms with E-state index in [-0.39, 0.29) is 10.7 Å². The summed E-state index contributed by atoms with van der Waals surface area (Å²) in [6, 6.07) is 4.31. The van der Waals surface area contributed by atoms with Crippen LogP contribution in [-0.4, -0.2) is 23.9 Å². The number of alkyl halides is 3. The Kier molecular flexibility index (Phi) is 4.43. The SMILES string of the molecule is CNN(C)c1cnn(-c2cccc(C(F)(F)F)c2)c(=O)c1Cl. The van der Waals surface area contributed by atoms with Gasteiger partial charge in [0.2, 0.25) is 0 Å². The van der Waals surface area contributed by atoms with Gasteiger partial charge in [0.15, 0.2) is 0 Å². The number of hydrazine groups is 1. The molecular formula is C13H12ClF3N4O. The number of hydrogen-bond donors (Lipinski definition) is 1. The molecule has 1 aromatic heterocycles. The number of nitrogens with one attached hydrogen (secondary N) is 1. The second kappa shape index (κ2) is 5.98. The van der Waals surface area contributed by atoms with Gasteiger partial charge in [-0.2, -0.15) is 23.0 Å². The smallest absolute Gasteiger partial charge is 0.309 e. The van der Waals surface area contributed by atoms with Crippen LogP contribution in [0.2, 0.25) is 5.02 Å². The van der Waals surface area contributed by atoms with Gasteiger partial charge in [0.05, 0.1) is 23.1 Å². The van der Waals surface area contributed by atoms with Gasteiger partial charge in [-0.25, -0.2) is 5.43 Å². The maximum Gasteiger partial charge on any atom is 0.416 e. The molecule has 2 aromatic rings. The summed E-state index contributed by atoms with van der Waals surface area (Å²) in [5.41, 5.74) is 1.48. The lowest BCUT2D eigenvalue weighted by atomic mass is 10.2. The second-order valence-electron chi connectivity index (χ2n) is 4.39. The summed E-state index contributed by atoms with van der Waals surface area (Å²) >= 11 is 5.97. The highest BCUT2D eigenvalue weighted by Crippen LogP contribution is 2.30. The number of benzene rings is 1. The highest BCUT2D eigenvalue weighted by Gasteiger charge is 2.30. The standard InChI is InChI=1S/C13H12ClF3N4O/c1-18-20(2)10-7-19-21(12(22)11(10)14)9-5-3-4-8(6-9)13(15,16)17/h3-7,18H,1-2H3. The van der Waals surface area contributed by atoms with Crippen molar-refractivity contribution in [3.8, 4) is 5.69 Å². The van der Waals surface area contributed by atoms with Crippen LogP contribution in [0.4, 0.5) is 18.9 Å². The maximum atomic E-state index is 12.7. The Bertz CT molecular complexity index is 745. The normalized spacial score (nSPS) is 11.5. The van der Waals surface area contributed by atoms with E-state index in [0.717, 1.165) is 16.8 Å². The zero-order valence-corrected chi connectivity index (χ0v) is 12.4. The fourth-order valence-electron chi connectivity index (χ4n) is 1.78. The van der Waals surface area contributed by atoms with Gasteiger partial charge in [0.1, 0.15) is 5.02 Å². The van der Waals surface area contributed by atoms with Crippen LogP contribution in [-0.2, 0) is 6.18 Å². The summed E-state index contributed by atoms with van der Waals surface area (Å²) < 4.78 is 39.0. The molecule has 0 amide bonds. The van der Waals surface area contributed by atoms with E-state index in [0.29, 0.717) is 5.69 Å². The van der Waals surface area contributed by atoms with Gasteiger partial charge in [0.25, 0.3) is 5.56 Å². The lowest BCUT2D eigenvalue weighted by molar-refractivity contribution is -0.137. The molecule has 2 rings (SSSR count). The van der Waals surface area contributed by atoms with Gasteiger partial charge in [-0.05, 0) is 18.2 Å². The lowest BCUT2D eigenvalue weighted by Gasteiger charge is -2.18. The maximum absolute atomic E-state index is 12.7. The number of halogens is 4. The molecule has 0 saturated carbocycles. The van der Waals surface area contributed by atoms with E-state index in [2.05, 4.69) is 10.5 Å². The number of hydrogen-bond acceptors (Lipinski definition) is 4. The van der Waals surface area contributed by atoms with Crippen molar-refractivity contribution in [2.75, 3.05) is 19.1 Å². The van der Waals surface area contributed by atoms with Crippen LogP contribution in [0.15, 0.2) is 35.3 Å². The summed E-state index contributed by atoms with van der Waals surface area (Å²) in [6.45, 7) is 0. The van der Waals surface area contributed by atoms with E-state index in [1.807, 2.05) is 0 Å². The van der Waals surface area contributed by atoms with Gasteiger partial charge >= 0.3 is 6.18 Å². The molecule has 0 bridgehead atoms. The summed E-state index contributed by atoms with van der Waals surface area (Å²) in [6.07, 6.45) is -3.21. The molecule has 0 aliphatic rings. The van der Waals surface area contributed by atoms with Gasteiger partial charge in [-0.1, -0.05) is 17.7 Å². The van der Waals surface area contributed by atoms with E-state index in [1.165, 1.54) is 23.3 Å². The Morgan fingerprint density at radius 2 is 2.05 bits per heavy atom. The van der Waals surface area contributed by atoms with Crippen LogP contribution in [0, 0.1) is 0 Å². The molecule has 0 unspecified atom stereocenters. The Hall–Kier alpha value is -2.06. The van der Waals surface area contributed by atoms with Gasteiger partial charge in [0, 0.05) is 14.1 Å². The molecule has 0 radical (unpaired) electrons. The molecule has 0 spiro atoms. The van der Waals surface area contributed by atoms with Crippen molar-refractivity contribution in [3.05, 3.63) is 51.4 Å². The van der Waals surface area contributed by atoms with Crippen LogP contribution in [0.3, 0.4) is 0 Å². The molecule has 5 nitrogen and oxygen atoms in total. The van der Waals surface area contributed by atoms with Crippen molar-refractivity contribution in [1.82, 2.24) is 15.2 Å². The minimum Gasteiger partial charge on any atom is -0.309 e. The Labute approximate surface area is 128 Å². The first-order chi connectivity index (χ1) is 10.3. The third kappa shape index (κ3) is 3.07. The molecule has 9 heteroatoms. The molecule has 0 aliphatic carbocycles. The van der Waals surface area contributed by atoms with Crippen LogP contribution >= 0.6 is 11.6 Å². The van der Waals surface area contributed by atoms with E-state index in [4.69, 9.17) is 11.6 Å². The van der Waals surface area contributed by atoms with Crippen molar-refractivity contribution in [2.24, 2.45) is 0 Å². The molecule has 1 heterocycles. The molecule has 1 N–H and O–H groups in total. The van der Waals surface area contributed by atoms with Crippen molar-refractivity contribution >= 4 is 17.3 Å². The number of rotatable bonds is 3. The first kappa shape index (κ1) is 16.3. The van der Waals surface area contributed by atoms with Gasteiger partial charge in [-0.15, -0.1) is 0 Å². The third-order valence-electron chi connectivity index (χ3n) is 3.02. The molecule has 1 aromatic carbocycles. The first-order valence-corrected chi connectivity index (χ1v) is 6.50. The molecule has 118 valence electrons. The van der Waals surface area contributed by atoms with Crippen molar-refractivity contribution in [3.63, 3.8) is 0 Å². The average Bonchev–Trinajstić information content (AvgIpc) is 2.48. The van der Waals surface area contributed by atoms with Crippen LogP contribution in [0.5, 0.6) is 0 Å². The Balaban J connectivity index is 2.55. The van der Waals surface area contributed by atoms with Crippen LogP contribution in [0.1, 0.15) is 5.56 Å². The zero-order valence-electron chi connectivity index (χ0n) is 11.6. The predicted octanol–water partition coefficient (Wildman–Crippen LogP) is 2.48. The van der Waals surface area contributed by atoms with Crippen molar-refractivity contribution in [1.29, 1.82) is 0 Å². The fraction of sp³-hybridized carbons (Fsp3) is 0.231. The number of aromatic nitrogens is 2. The Morgan fingerprint density at radius 3 is 2.64 bits per heavy atom. The topological polar surface area (TPSA) is 50.2 Å². The molecule has 0 atom stereocenters. The highest BCUT2D eigenvalue weighted by molar-refractivity contribution is 6.33. The monoisotopic (exact) mass is 332 g/mol. The van der Waals surface area contributed by atoms with Crippen LogP contribution in [0.25, 0.3) is 5.69 Å². The van der Waals surface area contributed by atoms with E-state index in [9.17, 15) is 18.0 Å². The van der Waals surface area contributed by atoms with E-state index < -0.39 is 17.3 Å². The van der Waals surface area contributed by atoms with Gasteiger partial charge in [-0.3, -0.25) is 4.79 Å². The molecule has 22 heavy (non-hydrogen) atoms. The summed E-state index contributed by atoms with van der Waals surface area (Å²) in [5, 5.41) is 5.19. The highest BCUT2D eigenvalue weighted by atomic mass is 35.5. The fourth-order valence-corrected chi connectivity index (χ4v) is 2.03. The zero-order chi connectivity index (χ0) is 16.5. The predicted molar refractivity (Wildman–Crippen MR) is 77.3 cm³/mol. The average molecular weight is 333 g/mol. The molecule has 0 fully saturated rings. The largest absolute Gasteiger partial charge is 0.416 e. The minimum absolute atomic E-state index is 0.0135. The summed E-state index contributed by atoms with van der Waals surface area (Å²) in [7, 11) is 3.24. The molecule has 0 aliphatic heterocycles. The number of nitrogens with zero attached hydrogens (tertiary/aromatic N) is 3. The number of anilines is 1. The summed E-state index contributed by atoms with van der Waals surface area (Å²) in [4.78, 5) is 12.2. The van der Waals surface area contributed by atoms with Crippen LogP contribution < -0.4 is 16.0 Å². The van der Waals surface area contributed by atoms with E-state index in [1.54, 1.807) is 14.1 Å². The minimum atomic E-state index is -4.50. The third-order valence-corrected chi connectivity index (χ3v) is 3.37. The van der Waals surface area contributed by atoms with E-state index >= 15 is 0 Å². The first-order valence-electron chi connectivity index (χ1n) is 6.12. The Morgan fingerprint density at radius 1 is 1.36 bits per heavy atom. The molecular weight excluding hydrogens is 321 g/mol. The lowest BCUT2D eigenvalue weighted by Crippen LogP contribution is -2.33. The van der Waals surface area contributed by atoms with Crippen molar-refractivity contribution < 1.29 is 13.2 Å². The van der Waals surface area contributed by atoms with Crippen molar-refractivity contribution in [2.45, 2.75) is 6.18 Å². The van der Waals surface area contributed by atoms with Gasteiger partial charge < -0.3 is 5.01 Å². The molecule has 0 saturated heterocycles.